The van der Waals surface area contributed by atoms with Crippen LogP contribution in [0.5, 0.6) is 11.5 Å². The van der Waals surface area contributed by atoms with E-state index in [1.165, 1.54) is 0 Å². The SMILES string of the molecule is CCOc1cc(/C=C2/SC(=S)N(NC(=O)c3ccc(C)cc3Cl)C2=O)cc(I)c1OCC. The van der Waals surface area contributed by atoms with E-state index >= 15 is 0 Å². The summed E-state index contributed by atoms with van der Waals surface area (Å²) in [6.07, 6.45) is 1.71. The molecule has 2 amide bonds. The van der Waals surface area contributed by atoms with Gasteiger partial charge in [-0.2, -0.15) is 5.01 Å². The number of thioether (sulfide) groups is 1. The molecule has 1 fully saturated rings. The van der Waals surface area contributed by atoms with Gasteiger partial charge >= 0.3 is 0 Å². The number of aryl methyl sites for hydroxylation is 1. The molecule has 0 aromatic heterocycles. The number of nitrogens with zero attached hydrogens (tertiary/aromatic N) is 1. The Hall–Kier alpha value is -1.82. The smallest absolute Gasteiger partial charge is 0.285 e. The molecule has 1 N–H and O–H groups in total. The van der Waals surface area contributed by atoms with E-state index in [4.69, 9.17) is 33.3 Å². The maximum Gasteiger partial charge on any atom is 0.285 e. The molecule has 0 spiro atoms. The predicted octanol–water partition coefficient (Wildman–Crippen LogP) is 5.60. The van der Waals surface area contributed by atoms with E-state index in [1.807, 2.05) is 32.9 Å². The normalized spacial score (nSPS) is 14.8. The van der Waals surface area contributed by atoms with Gasteiger partial charge in [0.25, 0.3) is 11.8 Å². The number of thiocarbonyl (C=S) groups is 1. The third-order valence-corrected chi connectivity index (χ3v) is 6.71. The highest BCUT2D eigenvalue weighted by Crippen LogP contribution is 2.37. The molecule has 3 rings (SSSR count). The number of hydrogen-bond acceptors (Lipinski definition) is 6. The van der Waals surface area contributed by atoms with Crippen molar-refractivity contribution >= 4 is 80.4 Å². The number of halogens is 2. The Labute approximate surface area is 214 Å². The van der Waals surface area contributed by atoms with Gasteiger partial charge in [0, 0.05) is 0 Å². The van der Waals surface area contributed by atoms with Gasteiger partial charge in [0.1, 0.15) is 0 Å². The van der Waals surface area contributed by atoms with E-state index < -0.39 is 11.8 Å². The van der Waals surface area contributed by atoms with E-state index in [0.717, 1.165) is 31.5 Å². The number of nitrogens with one attached hydrogen (secondary N) is 1. The van der Waals surface area contributed by atoms with Crippen molar-refractivity contribution in [3.63, 3.8) is 0 Å². The number of carbonyl (C=O) groups is 2. The lowest BCUT2D eigenvalue weighted by atomic mass is 10.1. The standard InChI is InChI=1S/C22H20ClIN2O4S2/c1-4-29-17-10-13(9-16(24)19(17)30-5-2)11-18-21(28)26(22(31)32-18)25-20(27)14-7-6-12(3)8-15(14)23/h6-11H,4-5H2,1-3H3,(H,25,27)/b18-11+. The third kappa shape index (κ3) is 5.56. The number of hydrazine groups is 1. The summed E-state index contributed by atoms with van der Waals surface area (Å²) in [5, 5.41) is 1.36. The average Bonchev–Trinajstić information content (AvgIpc) is 2.98. The van der Waals surface area contributed by atoms with Crippen LogP contribution in [0.25, 0.3) is 6.08 Å². The fourth-order valence-electron chi connectivity index (χ4n) is 2.90. The first-order valence-electron chi connectivity index (χ1n) is 9.69. The summed E-state index contributed by atoms with van der Waals surface area (Å²) in [5.74, 6) is 0.340. The predicted molar refractivity (Wildman–Crippen MR) is 140 cm³/mol. The molecule has 1 heterocycles. The third-order valence-electron chi connectivity index (χ3n) is 4.29. The molecular weight excluding hydrogens is 583 g/mol. The van der Waals surface area contributed by atoms with Gasteiger partial charge in [0.2, 0.25) is 0 Å². The highest BCUT2D eigenvalue weighted by molar-refractivity contribution is 14.1. The lowest BCUT2D eigenvalue weighted by molar-refractivity contribution is -0.123. The number of ether oxygens (including phenoxy) is 2. The van der Waals surface area contributed by atoms with Crippen LogP contribution in [0.15, 0.2) is 35.2 Å². The number of carbonyl (C=O) groups excluding carboxylic acids is 2. The molecule has 0 radical (unpaired) electrons. The molecule has 1 aliphatic heterocycles. The van der Waals surface area contributed by atoms with E-state index in [-0.39, 0.29) is 9.88 Å². The van der Waals surface area contributed by atoms with Crippen molar-refractivity contribution in [1.82, 2.24) is 10.4 Å². The number of benzene rings is 2. The molecule has 2 aromatic rings. The molecule has 0 aliphatic carbocycles. The second kappa shape index (κ2) is 10.9. The van der Waals surface area contributed by atoms with Gasteiger partial charge in [0.15, 0.2) is 15.8 Å². The maximum absolute atomic E-state index is 12.9. The van der Waals surface area contributed by atoms with E-state index in [2.05, 4.69) is 28.0 Å². The summed E-state index contributed by atoms with van der Waals surface area (Å²) in [4.78, 5) is 26.0. The second-order valence-corrected chi connectivity index (χ2v) is 9.88. The number of rotatable bonds is 7. The molecule has 1 saturated heterocycles. The van der Waals surface area contributed by atoms with Crippen LogP contribution in [0.4, 0.5) is 0 Å². The second-order valence-electron chi connectivity index (χ2n) is 6.64. The first-order chi connectivity index (χ1) is 15.2. The summed E-state index contributed by atoms with van der Waals surface area (Å²) in [7, 11) is 0. The lowest BCUT2D eigenvalue weighted by Gasteiger charge is -2.16. The molecule has 0 bridgehead atoms. The topological polar surface area (TPSA) is 67.9 Å². The quantitative estimate of drug-likeness (QED) is 0.253. The van der Waals surface area contributed by atoms with Crippen LogP contribution in [-0.4, -0.2) is 34.4 Å². The zero-order valence-corrected chi connectivity index (χ0v) is 22.1. The van der Waals surface area contributed by atoms with Crippen molar-refractivity contribution in [2.75, 3.05) is 13.2 Å². The summed E-state index contributed by atoms with van der Waals surface area (Å²) in [5.41, 5.74) is 4.50. The number of hydrogen-bond donors (Lipinski definition) is 1. The van der Waals surface area contributed by atoms with Gasteiger partial charge in [-0.05, 0) is 97.0 Å². The Kier molecular flexibility index (Phi) is 8.43. The highest BCUT2D eigenvalue weighted by atomic mass is 127. The lowest BCUT2D eigenvalue weighted by Crippen LogP contribution is -2.44. The van der Waals surface area contributed by atoms with Crippen molar-refractivity contribution in [3.8, 4) is 11.5 Å². The minimum atomic E-state index is -0.512. The Bertz CT molecular complexity index is 1120. The van der Waals surface area contributed by atoms with E-state index in [0.29, 0.717) is 34.6 Å². The minimum Gasteiger partial charge on any atom is -0.490 e. The Balaban J connectivity index is 1.84. The molecule has 0 saturated carbocycles. The van der Waals surface area contributed by atoms with Crippen molar-refractivity contribution in [2.24, 2.45) is 0 Å². The van der Waals surface area contributed by atoms with Gasteiger partial charge < -0.3 is 9.47 Å². The monoisotopic (exact) mass is 602 g/mol. The largest absolute Gasteiger partial charge is 0.490 e. The fourth-order valence-corrected chi connectivity index (χ4v) is 5.18. The molecule has 1 aliphatic rings. The molecule has 32 heavy (non-hydrogen) atoms. The molecule has 10 heteroatoms. The molecule has 0 unspecified atom stereocenters. The van der Waals surface area contributed by atoms with E-state index in [9.17, 15) is 9.59 Å². The van der Waals surface area contributed by atoms with Crippen LogP contribution in [-0.2, 0) is 4.79 Å². The zero-order valence-electron chi connectivity index (χ0n) is 17.5. The molecule has 168 valence electrons. The van der Waals surface area contributed by atoms with E-state index in [1.54, 1.807) is 24.3 Å². The van der Waals surface area contributed by atoms with Crippen molar-refractivity contribution in [1.29, 1.82) is 0 Å². The summed E-state index contributed by atoms with van der Waals surface area (Å²) < 4.78 is 12.5. The van der Waals surface area contributed by atoms with Crippen molar-refractivity contribution in [3.05, 3.63) is 60.5 Å². The van der Waals surface area contributed by atoms with Gasteiger partial charge in [-0.15, -0.1) is 0 Å². The van der Waals surface area contributed by atoms with Crippen LogP contribution in [0.3, 0.4) is 0 Å². The molecule has 2 aromatic carbocycles. The van der Waals surface area contributed by atoms with Gasteiger partial charge in [-0.1, -0.05) is 29.4 Å². The van der Waals surface area contributed by atoms with Crippen molar-refractivity contribution in [2.45, 2.75) is 20.8 Å². The van der Waals surface area contributed by atoms with Crippen LogP contribution < -0.4 is 14.9 Å². The zero-order chi connectivity index (χ0) is 23.4. The summed E-state index contributed by atoms with van der Waals surface area (Å²) in [6, 6.07) is 8.77. The van der Waals surface area contributed by atoms with Crippen LogP contribution in [0.1, 0.15) is 35.3 Å². The van der Waals surface area contributed by atoms with Gasteiger partial charge in [0.05, 0.1) is 32.3 Å². The van der Waals surface area contributed by atoms with Crippen LogP contribution >= 0.6 is 58.2 Å². The number of amides is 2. The Morgan fingerprint density at radius 3 is 2.62 bits per heavy atom. The molecule has 0 atom stereocenters. The minimum absolute atomic E-state index is 0.225. The average molecular weight is 603 g/mol. The van der Waals surface area contributed by atoms with Crippen LogP contribution in [0, 0.1) is 10.5 Å². The summed E-state index contributed by atoms with van der Waals surface area (Å²) >= 11 is 14.8. The first-order valence-corrected chi connectivity index (χ1v) is 12.4. The van der Waals surface area contributed by atoms with Crippen LogP contribution in [0.2, 0.25) is 5.02 Å². The highest BCUT2D eigenvalue weighted by Gasteiger charge is 2.34. The maximum atomic E-state index is 12.9. The first kappa shape index (κ1) is 24.8. The van der Waals surface area contributed by atoms with Gasteiger partial charge in [-0.3, -0.25) is 15.0 Å². The fraction of sp³-hybridized carbons (Fsp3) is 0.227. The van der Waals surface area contributed by atoms with Gasteiger partial charge in [-0.25, -0.2) is 0 Å². The Morgan fingerprint density at radius 1 is 1.25 bits per heavy atom. The Morgan fingerprint density at radius 2 is 1.97 bits per heavy atom. The van der Waals surface area contributed by atoms with Crippen molar-refractivity contribution < 1.29 is 19.1 Å². The molecular formula is C22H20ClIN2O4S2. The summed E-state index contributed by atoms with van der Waals surface area (Å²) in [6.45, 7) is 6.67. The molecule has 6 nitrogen and oxygen atoms in total.